The Balaban J connectivity index is 2.04. The number of ketones is 1. The van der Waals surface area contributed by atoms with Gasteiger partial charge < -0.3 is 11.1 Å². The number of carbonyl (C=O) groups is 1. The summed E-state index contributed by atoms with van der Waals surface area (Å²) in [4.78, 5) is 12.4. The maximum absolute atomic E-state index is 12.4. The summed E-state index contributed by atoms with van der Waals surface area (Å²) in [5.74, 6) is -0.598. The first-order chi connectivity index (χ1) is 10.4. The molecule has 1 aromatic rings. The molecule has 1 aliphatic carbocycles. The lowest BCUT2D eigenvalue weighted by Crippen LogP contribution is -2.37. The number of anilines is 1. The van der Waals surface area contributed by atoms with E-state index in [1.165, 1.54) is 12.2 Å². The van der Waals surface area contributed by atoms with E-state index in [2.05, 4.69) is 5.32 Å². The number of fused-ring (bicyclic) bond motifs is 1. The summed E-state index contributed by atoms with van der Waals surface area (Å²) < 4.78 is 23.0. The zero-order valence-electron chi connectivity index (χ0n) is 11.6. The van der Waals surface area contributed by atoms with Crippen LogP contribution in [0.5, 0.6) is 0 Å². The molecule has 1 aromatic carbocycles. The number of Topliss-reactive ketones (excluding diaryl/α,β-unsaturated/α-hetero) is 1. The number of nitrogens with one attached hydrogen (secondary N) is 1. The van der Waals surface area contributed by atoms with Crippen LogP contribution in [0.25, 0.3) is 5.57 Å². The van der Waals surface area contributed by atoms with Gasteiger partial charge in [-0.25, -0.2) is 13.6 Å². The van der Waals surface area contributed by atoms with Gasteiger partial charge in [-0.15, -0.1) is 0 Å². The predicted octanol–water partition coefficient (Wildman–Crippen LogP) is 0.504. The van der Waals surface area contributed by atoms with Crippen molar-refractivity contribution in [2.75, 3.05) is 11.9 Å². The molecule has 6 nitrogen and oxygen atoms in total. The van der Waals surface area contributed by atoms with Gasteiger partial charge in [0.2, 0.25) is 10.0 Å². The van der Waals surface area contributed by atoms with Crippen LogP contribution >= 0.6 is 0 Å². The van der Waals surface area contributed by atoms with Crippen LogP contribution in [0, 0.1) is 0 Å². The number of benzene rings is 1. The summed E-state index contributed by atoms with van der Waals surface area (Å²) >= 11 is 0. The second kappa shape index (κ2) is 5.11. The maximum Gasteiger partial charge on any atom is 0.223 e. The first kappa shape index (κ1) is 14.6. The molecule has 3 rings (SSSR count). The van der Waals surface area contributed by atoms with Gasteiger partial charge in [0.1, 0.15) is 0 Å². The Hall–Kier alpha value is -2.38. The van der Waals surface area contributed by atoms with E-state index in [9.17, 15) is 13.2 Å². The van der Waals surface area contributed by atoms with Crippen LogP contribution in [0.4, 0.5) is 5.69 Å². The van der Waals surface area contributed by atoms with Crippen LogP contribution in [0.2, 0.25) is 0 Å². The van der Waals surface area contributed by atoms with Gasteiger partial charge in [0.25, 0.3) is 0 Å². The van der Waals surface area contributed by atoms with Crippen molar-refractivity contribution in [2.45, 2.75) is 5.25 Å². The van der Waals surface area contributed by atoms with Gasteiger partial charge in [0, 0.05) is 29.1 Å². The average Bonchev–Trinajstić information content (AvgIpc) is 2.85. The van der Waals surface area contributed by atoms with Gasteiger partial charge in [0.05, 0.1) is 0 Å². The summed E-state index contributed by atoms with van der Waals surface area (Å²) in [6, 6.07) is 7.67. The molecule has 5 N–H and O–H groups in total. The molecule has 0 bridgehead atoms. The first-order valence-electron chi connectivity index (χ1n) is 6.65. The quantitative estimate of drug-likeness (QED) is 0.735. The Labute approximate surface area is 128 Å². The van der Waals surface area contributed by atoms with Crippen LogP contribution in [0.3, 0.4) is 0 Å². The summed E-state index contributed by atoms with van der Waals surface area (Å²) in [6.45, 7) is 0.549. The Morgan fingerprint density at radius 3 is 2.73 bits per heavy atom. The smallest absolute Gasteiger partial charge is 0.223 e. The van der Waals surface area contributed by atoms with Gasteiger partial charge in [-0.05, 0) is 23.8 Å². The highest BCUT2D eigenvalue weighted by Crippen LogP contribution is 2.32. The highest BCUT2D eigenvalue weighted by atomic mass is 32.2. The Morgan fingerprint density at radius 2 is 2.00 bits per heavy atom. The van der Waals surface area contributed by atoms with Gasteiger partial charge in [-0.2, -0.15) is 0 Å². The second-order valence-corrected chi connectivity index (χ2v) is 6.86. The molecular weight excluding hydrogens is 302 g/mol. The number of rotatable bonds is 2. The zero-order valence-corrected chi connectivity index (χ0v) is 12.4. The SMILES string of the molecule is NC1=C(C=C2CNc3ccccc32)C(=O)C(S(N)(=O)=O)C=C1. The molecule has 0 aromatic heterocycles. The normalized spacial score (nSPS) is 22.9. The first-order valence-corrected chi connectivity index (χ1v) is 8.26. The van der Waals surface area contributed by atoms with Gasteiger partial charge in [0.15, 0.2) is 11.0 Å². The number of allylic oxidation sites excluding steroid dienone is 3. The van der Waals surface area contributed by atoms with Crippen molar-refractivity contribution < 1.29 is 13.2 Å². The molecule has 1 heterocycles. The molecule has 2 aliphatic rings. The van der Waals surface area contributed by atoms with Crippen LogP contribution in [0.15, 0.2) is 53.8 Å². The molecule has 0 fully saturated rings. The molecule has 1 atom stereocenters. The van der Waals surface area contributed by atoms with E-state index in [0.29, 0.717) is 6.54 Å². The predicted molar refractivity (Wildman–Crippen MR) is 85.2 cm³/mol. The van der Waals surface area contributed by atoms with Gasteiger partial charge in [-0.1, -0.05) is 24.3 Å². The van der Waals surface area contributed by atoms with Crippen LogP contribution < -0.4 is 16.2 Å². The monoisotopic (exact) mass is 317 g/mol. The second-order valence-electron chi connectivity index (χ2n) is 5.17. The third kappa shape index (κ3) is 2.44. The number of para-hydroxylation sites is 1. The number of carbonyl (C=O) groups excluding carboxylic acids is 1. The van der Waals surface area contributed by atoms with Gasteiger partial charge in [-0.3, -0.25) is 4.79 Å². The fourth-order valence-corrected chi connectivity index (χ4v) is 3.31. The van der Waals surface area contributed by atoms with Gasteiger partial charge >= 0.3 is 0 Å². The molecular formula is C15H15N3O3S. The highest BCUT2D eigenvalue weighted by Gasteiger charge is 2.32. The molecule has 22 heavy (non-hydrogen) atoms. The molecule has 0 radical (unpaired) electrons. The van der Waals surface area contributed by atoms with Crippen LogP contribution in [-0.2, 0) is 14.8 Å². The van der Waals surface area contributed by atoms with Crippen molar-refractivity contribution >= 4 is 27.1 Å². The molecule has 0 saturated heterocycles. The molecule has 1 aliphatic heterocycles. The third-order valence-electron chi connectivity index (χ3n) is 3.70. The Morgan fingerprint density at radius 1 is 1.27 bits per heavy atom. The van der Waals surface area contributed by atoms with E-state index in [1.54, 1.807) is 6.08 Å². The van der Waals surface area contributed by atoms with E-state index >= 15 is 0 Å². The number of hydrogen-bond donors (Lipinski definition) is 3. The van der Waals surface area contributed by atoms with E-state index in [1.807, 2.05) is 24.3 Å². The molecule has 0 saturated carbocycles. The van der Waals surface area contributed by atoms with E-state index in [0.717, 1.165) is 16.8 Å². The highest BCUT2D eigenvalue weighted by molar-refractivity contribution is 7.90. The van der Waals surface area contributed by atoms with Crippen LogP contribution in [-0.4, -0.2) is 26.0 Å². The lowest BCUT2D eigenvalue weighted by molar-refractivity contribution is -0.114. The van der Waals surface area contributed by atoms with Crippen molar-refractivity contribution in [1.82, 2.24) is 0 Å². The molecule has 7 heteroatoms. The third-order valence-corrected chi connectivity index (χ3v) is 4.78. The Bertz CT molecular complexity index is 851. The summed E-state index contributed by atoms with van der Waals surface area (Å²) in [5.41, 5.74) is 9.08. The summed E-state index contributed by atoms with van der Waals surface area (Å²) in [7, 11) is -4.00. The fourth-order valence-electron chi connectivity index (χ4n) is 2.58. The topological polar surface area (TPSA) is 115 Å². The van der Waals surface area contributed by atoms with Crippen molar-refractivity contribution in [3.63, 3.8) is 0 Å². The number of sulfonamides is 1. The lowest BCUT2D eigenvalue weighted by Gasteiger charge is -2.16. The largest absolute Gasteiger partial charge is 0.398 e. The van der Waals surface area contributed by atoms with E-state index in [4.69, 9.17) is 10.9 Å². The van der Waals surface area contributed by atoms with E-state index < -0.39 is 21.1 Å². The van der Waals surface area contributed by atoms with Crippen molar-refractivity contribution in [3.8, 4) is 0 Å². The minimum atomic E-state index is -4.00. The van der Waals surface area contributed by atoms with Crippen molar-refractivity contribution in [3.05, 3.63) is 59.3 Å². The molecule has 0 amide bonds. The maximum atomic E-state index is 12.4. The minimum Gasteiger partial charge on any atom is -0.398 e. The molecule has 114 valence electrons. The van der Waals surface area contributed by atoms with E-state index in [-0.39, 0.29) is 11.3 Å². The van der Waals surface area contributed by atoms with Crippen molar-refractivity contribution in [2.24, 2.45) is 10.9 Å². The fraction of sp³-hybridized carbons (Fsp3) is 0.133. The lowest BCUT2D eigenvalue weighted by atomic mass is 9.96. The number of primary sulfonamides is 1. The summed E-state index contributed by atoms with van der Waals surface area (Å²) in [6.07, 6.45) is 4.27. The van der Waals surface area contributed by atoms with Crippen molar-refractivity contribution in [1.29, 1.82) is 0 Å². The van der Waals surface area contributed by atoms with Crippen LogP contribution in [0.1, 0.15) is 5.56 Å². The molecule has 1 unspecified atom stereocenters. The number of hydrogen-bond acceptors (Lipinski definition) is 5. The minimum absolute atomic E-state index is 0.176. The Kier molecular flexibility index (Phi) is 3.38. The summed E-state index contributed by atoms with van der Waals surface area (Å²) in [5, 5.41) is 6.93. The zero-order chi connectivity index (χ0) is 15.9. The average molecular weight is 317 g/mol. The molecule has 0 spiro atoms. The number of nitrogens with two attached hydrogens (primary N) is 2. The standard InChI is InChI=1S/C15H15N3O3S/c16-12-5-6-14(22(17,20)21)15(19)11(12)7-9-8-18-13-4-2-1-3-10(9)13/h1-7,14,18H,8,16H2,(H2,17,20,21).